The molecule has 8 N–H and O–H groups in total. The Labute approximate surface area is 231 Å². The van der Waals surface area contributed by atoms with Crippen molar-refractivity contribution in [2.45, 2.75) is 64.7 Å². The van der Waals surface area contributed by atoms with Crippen molar-refractivity contribution in [1.29, 1.82) is 0 Å². The minimum Gasteiger partial charge on any atom is -0.508 e. The van der Waals surface area contributed by atoms with Gasteiger partial charge in [0.25, 0.3) is 0 Å². The highest BCUT2D eigenvalue weighted by Gasteiger charge is 2.19. The second-order valence-electron chi connectivity index (χ2n) is 10.2. The van der Waals surface area contributed by atoms with E-state index in [1.54, 1.807) is 12.1 Å². The van der Waals surface area contributed by atoms with Crippen molar-refractivity contribution in [3.05, 3.63) is 46.9 Å². The molecule has 10 nitrogen and oxygen atoms in total. The number of benzene rings is 1. The zero-order chi connectivity index (χ0) is 28.6. The van der Waals surface area contributed by atoms with Crippen LogP contribution in [0.3, 0.4) is 0 Å². The molecule has 1 aromatic carbocycles. The Kier molecular flexibility index (Phi) is 14.2. The Hall–Kier alpha value is -3.24. The molecule has 2 amide bonds. The average molecular weight is 547 g/mol. The minimum absolute atomic E-state index is 0.00476. The maximum absolute atomic E-state index is 12.7. The first-order chi connectivity index (χ1) is 18.7. The summed E-state index contributed by atoms with van der Waals surface area (Å²) >= 11 is 0. The summed E-state index contributed by atoms with van der Waals surface area (Å²) in [5.41, 5.74) is 7.42. The number of carbonyl (C=O) groups excluding carboxylic acids is 2. The van der Waals surface area contributed by atoms with E-state index in [-0.39, 0.29) is 40.7 Å². The number of nitrogens with zero attached hydrogens (tertiary/aromatic N) is 1. The van der Waals surface area contributed by atoms with E-state index in [0.717, 1.165) is 49.9 Å². The second-order valence-corrected chi connectivity index (χ2v) is 10.2. The minimum atomic E-state index is -0.181. The fraction of sp³-hybridized carbons (Fsp3) is 0.586. The van der Waals surface area contributed by atoms with Gasteiger partial charge >= 0.3 is 0 Å². The lowest BCUT2D eigenvalue weighted by Gasteiger charge is -2.23. The summed E-state index contributed by atoms with van der Waals surface area (Å²) in [7, 11) is 0. The Morgan fingerprint density at radius 3 is 2.44 bits per heavy atom. The molecule has 0 saturated carbocycles. The molecule has 0 heterocycles. The molecular formula is C29H46N4O6. The van der Waals surface area contributed by atoms with Gasteiger partial charge in [-0.25, -0.2) is 0 Å². The molecule has 39 heavy (non-hydrogen) atoms. The highest BCUT2D eigenvalue weighted by molar-refractivity contribution is 5.76. The highest BCUT2D eigenvalue weighted by atomic mass is 16.3. The van der Waals surface area contributed by atoms with Crippen molar-refractivity contribution in [3.8, 4) is 11.5 Å². The van der Waals surface area contributed by atoms with E-state index in [1.165, 1.54) is 12.1 Å². The molecule has 0 aromatic heterocycles. The molecule has 0 bridgehead atoms. The van der Waals surface area contributed by atoms with E-state index >= 15 is 0 Å². The number of nitrogens with one attached hydrogen (secondary N) is 2. The molecule has 0 fully saturated rings. The number of hydrogen-bond acceptors (Lipinski definition) is 8. The zero-order valence-corrected chi connectivity index (χ0v) is 23.1. The fourth-order valence-electron chi connectivity index (χ4n) is 4.49. The number of allylic oxidation sites excluding steroid dienone is 3. The topological polar surface area (TPSA) is 168 Å². The smallest absolute Gasteiger partial charge is 0.222 e. The Morgan fingerprint density at radius 2 is 1.69 bits per heavy atom. The summed E-state index contributed by atoms with van der Waals surface area (Å²) in [6.45, 7) is 5.99. The van der Waals surface area contributed by atoms with Gasteiger partial charge in [-0.05, 0) is 87.8 Å². The number of amides is 2. The largest absolute Gasteiger partial charge is 0.508 e. The number of carbonyl (C=O) groups is 2. The maximum Gasteiger partial charge on any atom is 0.222 e. The third-order valence-electron chi connectivity index (χ3n) is 6.93. The Morgan fingerprint density at radius 1 is 0.949 bits per heavy atom. The number of phenolic OH excluding ortho intramolecular Hbond substituents is 2. The van der Waals surface area contributed by atoms with E-state index in [2.05, 4.69) is 10.6 Å². The first-order valence-electron chi connectivity index (χ1n) is 14.0. The predicted molar refractivity (Wildman–Crippen MR) is 151 cm³/mol. The number of aliphatic hydroxyl groups excluding tert-OH is 2. The summed E-state index contributed by atoms with van der Waals surface area (Å²) in [6.07, 6.45) is 7.07. The van der Waals surface area contributed by atoms with Crippen molar-refractivity contribution in [1.82, 2.24) is 15.5 Å². The number of unbranched alkanes of at least 4 members (excludes halogenated alkanes) is 1. The molecule has 1 aliphatic rings. The lowest BCUT2D eigenvalue weighted by atomic mass is 9.88. The van der Waals surface area contributed by atoms with E-state index < -0.39 is 0 Å². The SMILES string of the molecule is CC1CC(O)=C(O)C=C1CCC(=O)NCCCNCCCCN(CCCN)C(=O)CCc1ccc(O)c(O)c1. The van der Waals surface area contributed by atoms with E-state index in [4.69, 9.17) is 5.73 Å². The quantitative estimate of drug-likeness (QED) is 0.109. The van der Waals surface area contributed by atoms with Gasteiger partial charge in [0.05, 0.1) is 0 Å². The van der Waals surface area contributed by atoms with Crippen LogP contribution in [0, 0.1) is 5.92 Å². The second kappa shape index (κ2) is 17.4. The van der Waals surface area contributed by atoms with Gasteiger partial charge in [-0.2, -0.15) is 0 Å². The van der Waals surface area contributed by atoms with Crippen molar-refractivity contribution in [2.24, 2.45) is 11.7 Å². The first-order valence-corrected chi connectivity index (χ1v) is 14.0. The molecule has 1 atom stereocenters. The van der Waals surface area contributed by atoms with E-state index in [1.807, 2.05) is 11.8 Å². The Bertz CT molecular complexity index is 994. The van der Waals surface area contributed by atoms with Gasteiger partial charge in [0.15, 0.2) is 17.3 Å². The average Bonchev–Trinajstić information content (AvgIpc) is 2.91. The summed E-state index contributed by atoms with van der Waals surface area (Å²) in [5, 5.41) is 44.6. The number of nitrogens with two attached hydrogens (primary N) is 1. The summed E-state index contributed by atoms with van der Waals surface area (Å²) in [5.74, 6) is -0.299. The van der Waals surface area contributed by atoms with Crippen molar-refractivity contribution < 1.29 is 30.0 Å². The standard InChI is InChI=1S/C29H46N4O6/c1-21-18-25(35)27(37)20-23(21)8-10-28(38)32-15-5-14-31-13-2-3-16-33(17-4-12-30)29(39)11-7-22-6-9-24(34)26(36)19-22/h6,9,19-21,31,34-37H,2-5,7-8,10-18,30H2,1H3,(H,32,38). The Balaban J connectivity index is 1.55. The molecule has 2 rings (SSSR count). The maximum atomic E-state index is 12.7. The monoisotopic (exact) mass is 546 g/mol. The van der Waals surface area contributed by atoms with Gasteiger partial charge in [0, 0.05) is 38.9 Å². The van der Waals surface area contributed by atoms with E-state index in [9.17, 15) is 30.0 Å². The van der Waals surface area contributed by atoms with Crippen LogP contribution in [0.15, 0.2) is 41.4 Å². The number of aliphatic hydroxyl groups is 2. The van der Waals surface area contributed by atoms with Crippen LogP contribution in [-0.2, 0) is 16.0 Å². The van der Waals surface area contributed by atoms with Crippen LogP contribution in [0.4, 0.5) is 0 Å². The molecule has 0 spiro atoms. The third-order valence-corrected chi connectivity index (χ3v) is 6.93. The molecule has 1 aromatic rings. The fourth-order valence-corrected chi connectivity index (χ4v) is 4.49. The molecule has 1 aliphatic carbocycles. The number of aromatic hydroxyl groups is 2. The van der Waals surface area contributed by atoms with Crippen LogP contribution in [0.2, 0.25) is 0 Å². The number of hydrogen-bond donors (Lipinski definition) is 7. The van der Waals surface area contributed by atoms with Crippen LogP contribution in [0.25, 0.3) is 0 Å². The number of aryl methyl sites for hydroxylation is 1. The van der Waals surface area contributed by atoms with E-state index in [0.29, 0.717) is 58.3 Å². The van der Waals surface area contributed by atoms with Gasteiger partial charge in [-0.1, -0.05) is 18.6 Å². The van der Waals surface area contributed by atoms with Gasteiger partial charge in [0.2, 0.25) is 11.8 Å². The molecule has 0 radical (unpaired) electrons. The van der Waals surface area contributed by atoms with Crippen molar-refractivity contribution >= 4 is 11.8 Å². The van der Waals surface area contributed by atoms with Crippen molar-refractivity contribution in [3.63, 3.8) is 0 Å². The van der Waals surface area contributed by atoms with Gasteiger partial charge in [-0.15, -0.1) is 0 Å². The van der Waals surface area contributed by atoms with Crippen LogP contribution >= 0.6 is 0 Å². The van der Waals surface area contributed by atoms with Gasteiger partial charge < -0.3 is 41.7 Å². The predicted octanol–water partition coefficient (Wildman–Crippen LogP) is 3.16. The first kappa shape index (κ1) is 32.0. The lowest BCUT2D eigenvalue weighted by Crippen LogP contribution is -2.34. The van der Waals surface area contributed by atoms with Gasteiger partial charge in [-0.3, -0.25) is 9.59 Å². The summed E-state index contributed by atoms with van der Waals surface area (Å²) < 4.78 is 0. The molecular weight excluding hydrogens is 500 g/mol. The lowest BCUT2D eigenvalue weighted by molar-refractivity contribution is -0.131. The van der Waals surface area contributed by atoms with Crippen molar-refractivity contribution in [2.75, 3.05) is 39.3 Å². The molecule has 218 valence electrons. The molecule has 10 heteroatoms. The summed E-state index contributed by atoms with van der Waals surface area (Å²) in [4.78, 5) is 26.7. The normalized spacial score (nSPS) is 15.2. The summed E-state index contributed by atoms with van der Waals surface area (Å²) in [6, 6.07) is 4.62. The number of rotatable bonds is 18. The third kappa shape index (κ3) is 12.0. The zero-order valence-electron chi connectivity index (χ0n) is 23.1. The van der Waals surface area contributed by atoms with Crippen LogP contribution in [-0.4, -0.2) is 76.4 Å². The van der Waals surface area contributed by atoms with Crippen LogP contribution in [0.5, 0.6) is 11.5 Å². The van der Waals surface area contributed by atoms with Gasteiger partial charge in [0.1, 0.15) is 5.76 Å². The molecule has 0 aliphatic heterocycles. The highest BCUT2D eigenvalue weighted by Crippen LogP contribution is 2.29. The molecule has 0 saturated heterocycles. The molecule has 1 unspecified atom stereocenters. The van der Waals surface area contributed by atoms with Crippen LogP contribution in [0.1, 0.15) is 63.9 Å². The van der Waals surface area contributed by atoms with Crippen LogP contribution < -0.4 is 16.4 Å². The number of phenols is 2.